The zero-order valence-corrected chi connectivity index (χ0v) is 15.8. The highest BCUT2D eigenvalue weighted by Crippen LogP contribution is 2.34. The van der Waals surface area contributed by atoms with Gasteiger partial charge in [0.1, 0.15) is 11.5 Å². The summed E-state index contributed by atoms with van der Waals surface area (Å²) in [5, 5.41) is 2.55. The molecule has 1 heterocycles. The Kier molecular flexibility index (Phi) is 6.64. The van der Waals surface area contributed by atoms with Gasteiger partial charge in [-0.05, 0) is 37.1 Å². The summed E-state index contributed by atoms with van der Waals surface area (Å²) in [5.41, 5.74) is 0.944. The molecule has 1 aliphatic rings. The molecule has 154 valence electrons. The fraction of sp³-hybridized carbons (Fsp3) is 0.286. The Labute approximate surface area is 166 Å². The van der Waals surface area contributed by atoms with Crippen LogP contribution in [0.3, 0.4) is 0 Å². The Morgan fingerprint density at radius 2 is 1.90 bits per heavy atom. The summed E-state index contributed by atoms with van der Waals surface area (Å²) in [5.74, 6) is -1.21. The molecular weight excluding hydrogens is 385 g/mol. The molecule has 0 unspecified atom stereocenters. The molecule has 3 rings (SSSR count). The number of halogens is 3. The average Bonchev–Trinajstić information content (AvgIpc) is 3.23. The third kappa shape index (κ3) is 5.01. The molecule has 0 atom stereocenters. The van der Waals surface area contributed by atoms with Crippen LogP contribution < -0.4 is 19.7 Å². The van der Waals surface area contributed by atoms with Crippen molar-refractivity contribution in [3.8, 4) is 11.5 Å². The molecule has 1 aliphatic heterocycles. The van der Waals surface area contributed by atoms with Crippen molar-refractivity contribution in [3.63, 3.8) is 0 Å². The minimum Gasteiger partial charge on any atom is -0.493 e. The number of rotatable bonds is 7. The van der Waals surface area contributed by atoms with Gasteiger partial charge in [-0.1, -0.05) is 18.2 Å². The molecule has 29 heavy (non-hydrogen) atoms. The summed E-state index contributed by atoms with van der Waals surface area (Å²) in [6.07, 6.45) is 4.46. The quantitative estimate of drug-likeness (QED) is 0.678. The lowest BCUT2D eigenvalue weighted by Crippen LogP contribution is -2.21. The van der Waals surface area contributed by atoms with E-state index in [0.29, 0.717) is 5.69 Å². The number of benzene rings is 2. The SMILES string of the molecule is COc1cccc(/C=C/C(=O)Nc2c(F)cccc2N2CCCC2)c1OC(F)F. The molecule has 8 heteroatoms. The first-order valence-electron chi connectivity index (χ1n) is 9.14. The van der Waals surface area contributed by atoms with Crippen molar-refractivity contribution in [1.29, 1.82) is 0 Å². The maximum absolute atomic E-state index is 14.3. The van der Waals surface area contributed by atoms with Crippen LogP contribution in [-0.4, -0.2) is 32.7 Å². The minimum atomic E-state index is -3.05. The largest absolute Gasteiger partial charge is 0.493 e. The Bertz CT molecular complexity index is 897. The van der Waals surface area contributed by atoms with Gasteiger partial charge in [-0.3, -0.25) is 4.79 Å². The lowest BCUT2D eigenvalue weighted by atomic mass is 10.1. The van der Waals surface area contributed by atoms with Gasteiger partial charge in [-0.15, -0.1) is 0 Å². The van der Waals surface area contributed by atoms with E-state index in [4.69, 9.17) is 4.74 Å². The van der Waals surface area contributed by atoms with Crippen LogP contribution in [0.4, 0.5) is 24.5 Å². The van der Waals surface area contributed by atoms with Gasteiger partial charge >= 0.3 is 6.61 Å². The van der Waals surface area contributed by atoms with Gasteiger partial charge in [0.05, 0.1) is 12.8 Å². The number of nitrogens with zero attached hydrogens (tertiary/aromatic N) is 1. The van der Waals surface area contributed by atoms with Gasteiger partial charge < -0.3 is 19.7 Å². The molecule has 5 nitrogen and oxygen atoms in total. The Morgan fingerprint density at radius 1 is 1.17 bits per heavy atom. The van der Waals surface area contributed by atoms with Crippen LogP contribution in [0.25, 0.3) is 6.08 Å². The fourth-order valence-electron chi connectivity index (χ4n) is 3.23. The number of methoxy groups -OCH3 is 1. The second kappa shape index (κ2) is 9.36. The Balaban J connectivity index is 1.81. The van der Waals surface area contributed by atoms with Gasteiger partial charge in [0.2, 0.25) is 5.91 Å². The summed E-state index contributed by atoms with van der Waals surface area (Å²) in [4.78, 5) is 14.4. The third-order valence-corrected chi connectivity index (χ3v) is 4.54. The number of alkyl halides is 2. The van der Waals surface area contributed by atoms with Gasteiger partial charge in [0.25, 0.3) is 0 Å². The molecular formula is C21H21F3N2O3. The molecule has 1 N–H and O–H groups in total. The van der Waals surface area contributed by atoms with Crippen LogP contribution in [0.5, 0.6) is 11.5 Å². The van der Waals surface area contributed by atoms with Crippen molar-refractivity contribution < 1.29 is 27.4 Å². The molecule has 1 amide bonds. The molecule has 0 radical (unpaired) electrons. The van der Waals surface area contributed by atoms with Crippen molar-refractivity contribution >= 4 is 23.4 Å². The highest BCUT2D eigenvalue weighted by molar-refractivity contribution is 6.04. The van der Waals surface area contributed by atoms with E-state index in [9.17, 15) is 18.0 Å². The normalized spacial score (nSPS) is 13.9. The molecule has 2 aromatic rings. The summed E-state index contributed by atoms with van der Waals surface area (Å²) in [6.45, 7) is -1.46. The zero-order chi connectivity index (χ0) is 20.8. The summed E-state index contributed by atoms with van der Waals surface area (Å²) >= 11 is 0. The van der Waals surface area contributed by atoms with Gasteiger partial charge in [0, 0.05) is 24.7 Å². The van der Waals surface area contributed by atoms with E-state index in [2.05, 4.69) is 10.1 Å². The number of nitrogens with one attached hydrogen (secondary N) is 1. The number of amides is 1. The van der Waals surface area contributed by atoms with Crippen LogP contribution >= 0.6 is 0 Å². The van der Waals surface area contributed by atoms with Gasteiger partial charge in [0.15, 0.2) is 11.5 Å². The van der Waals surface area contributed by atoms with E-state index in [0.717, 1.165) is 32.0 Å². The number of hydrogen-bond acceptors (Lipinski definition) is 4. The smallest absolute Gasteiger partial charge is 0.387 e. The molecule has 0 bridgehead atoms. The van der Waals surface area contributed by atoms with Crippen LogP contribution in [-0.2, 0) is 4.79 Å². The second-order valence-electron chi connectivity index (χ2n) is 6.41. The number of hydrogen-bond donors (Lipinski definition) is 1. The van der Waals surface area contributed by atoms with E-state index in [1.807, 2.05) is 4.90 Å². The highest BCUT2D eigenvalue weighted by Gasteiger charge is 2.19. The van der Waals surface area contributed by atoms with Crippen LogP contribution in [0.1, 0.15) is 18.4 Å². The predicted molar refractivity (Wildman–Crippen MR) is 105 cm³/mol. The first-order chi connectivity index (χ1) is 14.0. The van der Waals surface area contributed by atoms with E-state index in [1.165, 1.54) is 31.4 Å². The standard InChI is InChI=1S/C21H21F3N2O3/c1-28-17-9-4-6-14(20(17)29-21(23)24)10-11-18(27)25-19-15(22)7-5-8-16(19)26-12-2-3-13-26/h4-11,21H,2-3,12-13H2,1H3,(H,25,27)/b11-10+. The van der Waals surface area contributed by atoms with Crippen molar-refractivity contribution in [2.75, 3.05) is 30.4 Å². The Hall–Kier alpha value is -3.16. The first kappa shape index (κ1) is 20.6. The maximum atomic E-state index is 14.3. The zero-order valence-electron chi connectivity index (χ0n) is 15.8. The predicted octanol–water partition coefficient (Wildman–Crippen LogP) is 4.69. The average molecular weight is 406 g/mol. The monoisotopic (exact) mass is 406 g/mol. The number of carbonyl (C=O) groups is 1. The van der Waals surface area contributed by atoms with Crippen molar-refractivity contribution in [3.05, 3.63) is 53.9 Å². The lowest BCUT2D eigenvalue weighted by molar-refractivity contribution is -0.111. The molecule has 0 aromatic heterocycles. The first-order valence-corrected chi connectivity index (χ1v) is 9.14. The van der Waals surface area contributed by atoms with E-state index in [1.54, 1.807) is 18.2 Å². The van der Waals surface area contributed by atoms with Crippen molar-refractivity contribution in [1.82, 2.24) is 0 Å². The summed E-state index contributed by atoms with van der Waals surface area (Å²) in [6, 6.07) is 9.18. The molecule has 1 fully saturated rings. The molecule has 0 spiro atoms. The van der Waals surface area contributed by atoms with Crippen molar-refractivity contribution in [2.45, 2.75) is 19.5 Å². The van der Waals surface area contributed by atoms with Crippen LogP contribution in [0, 0.1) is 5.82 Å². The van der Waals surface area contributed by atoms with Crippen molar-refractivity contribution in [2.24, 2.45) is 0 Å². The van der Waals surface area contributed by atoms with E-state index in [-0.39, 0.29) is 22.7 Å². The van der Waals surface area contributed by atoms with Crippen LogP contribution in [0.15, 0.2) is 42.5 Å². The number of para-hydroxylation sites is 2. The molecule has 2 aromatic carbocycles. The molecule has 0 aliphatic carbocycles. The summed E-state index contributed by atoms with van der Waals surface area (Å²) in [7, 11) is 1.33. The second-order valence-corrected chi connectivity index (χ2v) is 6.41. The number of anilines is 2. The number of carbonyl (C=O) groups excluding carboxylic acids is 1. The fourth-order valence-corrected chi connectivity index (χ4v) is 3.23. The topological polar surface area (TPSA) is 50.8 Å². The third-order valence-electron chi connectivity index (χ3n) is 4.54. The molecule has 0 saturated carbocycles. The van der Waals surface area contributed by atoms with E-state index < -0.39 is 18.3 Å². The summed E-state index contributed by atoms with van der Waals surface area (Å²) < 4.78 is 49.3. The Morgan fingerprint density at radius 3 is 2.59 bits per heavy atom. The van der Waals surface area contributed by atoms with Gasteiger partial charge in [-0.2, -0.15) is 8.78 Å². The number of ether oxygens (including phenoxy) is 2. The van der Waals surface area contributed by atoms with Gasteiger partial charge in [-0.25, -0.2) is 4.39 Å². The maximum Gasteiger partial charge on any atom is 0.387 e. The molecule has 1 saturated heterocycles. The minimum absolute atomic E-state index is 0.0961. The van der Waals surface area contributed by atoms with E-state index >= 15 is 0 Å². The highest BCUT2D eigenvalue weighted by atomic mass is 19.3. The van der Waals surface area contributed by atoms with Crippen LogP contribution in [0.2, 0.25) is 0 Å². The lowest BCUT2D eigenvalue weighted by Gasteiger charge is -2.21.